The fourth-order valence-electron chi connectivity index (χ4n) is 4.68. The first-order chi connectivity index (χ1) is 16.0. The van der Waals surface area contributed by atoms with E-state index in [0.717, 1.165) is 18.4 Å². The van der Waals surface area contributed by atoms with Crippen LogP contribution >= 0.6 is 0 Å². The number of benzene rings is 1. The van der Waals surface area contributed by atoms with Gasteiger partial charge >= 0.3 is 5.97 Å². The lowest BCUT2D eigenvalue weighted by atomic mass is 10.0. The number of carbonyl (C=O) groups excluding carboxylic acids is 3. The number of likely N-dealkylation sites (tertiary alicyclic amines) is 1. The molecule has 2 aliphatic heterocycles. The zero-order chi connectivity index (χ0) is 23.4. The Balaban J connectivity index is 1.61. The summed E-state index contributed by atoms with van der Waals surface area (Å²) in [7, 11) is 0. The van der Waals surface area contributed by atoms with E-state index in [-0.39, 0.29) is 37.0 Å². The maximum atomic E-state index is 13.5. The number of aromatic nitrogens is 1. The van der Waals surface area contributed by atoms with Crippen molar-refractivity contribution >= 4 is 17.8 Å². The van der Waals surface area contributed by atoms with Gasteiger partial charge in [0.2, 0.25) is 0 Å². The summed E-state index contributed by atoms with van der Waals surface area (Å²) in [6.07, 6.45) is 2.07. The molecular formula is C25H31N3O5. The Kier molecular flexibility index (Phi) is 7.13. The van der Waals surface area contributed by atoms with Gasteiger partial charge in [-0.2, -0.15) is 0 Å². The molecule has 0 bridgehead atoms. The molecule has 1 fully saturated rings. The molecule has 0 spiro atoms. The van der Waals surface area contributed by atoms with Gasteiger partial charge in [-0.15, -0.1) is 0 Å². The molecule has 33 heavy (non-hydrogen) atoms. The van der Waals surface area contributed by atoms with Crippen molar-refractivity contribution in [2.45, 2.75) is 58.3 Å². The largest absolute Gasteiger partial charge is 0.464 e. The Morgan fingerprint density at radius 2 is 1.97 bits per heavy atom. The Hall–Kier alpha value is -3.13. The quantitative estimate of drug-likeness (QED) is 0.651. The van der Waals surface area contributed by atoms with Gasteiger partial charge in [0.25, 0.3) is 11.8 Å². The van der Waals surface area contributed by atoms with Gasteiger partial charge in [-0.1, -0.05) is 37.3 Å². The number of hydrogen-bond acceptors (Lipinski definition) is 5. The third-order valence-electron chi connectivity index (χ3n) is 6.36. The molecular weight excluding hydrogens is 422 g/mol. The number of carbonyl (C=O) groups is 3. The van der Waals surface area contributed by atoms with Gasteiger partial charge in [0.1, 0.15) is 11.7 Å². The number of fused-ring (bicyclic) bond motifs is 1. The molecule has 2 atom stereocenters. The summed E-state index contributed by atoms with van der Waals surface area (Å²) in [5.74, 6) is -0.853. The second kappa shape index (κ2) is 10.2. The Labute approximate surface area is 193 Å². The summed E-state index contributed by atoms with van der Waals surface area (Å²) in [4.78, 5) is 40.7. The van der Waals surface area contributed by atoms with Gasteiger partial charge < -0.3 is 24.3 Å². The molecule has 0 saturated carbocycles. The summed E-state index contributed by atoms with van der Waals surface area (Å²) >= 11 is 0. The monoisotopic (exact) mass is 453 g/mol. The van der Waals surface area contributed by atoms with Gasteiger partial charge in [0.05, 0.1) is 37.1 Å². The SMILES string of the molecule is CCOC(=O)[C@H]1CCCN1C(=O)c1cc(C(=O)N[C@H](CC)c2ccccc2)c2n1CCOC2. The van der Waals surface area contributed by atoms with Gasteiger partial charge in [-0.05, 0) is 37.8 Å². The number of nitrogens with one attached hydrogen (secondary N) is 1. The summed E-state index contributed by atoms with van der Waals surface area (Å²) in [5, 5.41) is 3.11. The van der Waals surface area contributed by atoms with Crippen LogP contribution in [0, 0.1) is 0 Å². The highest BCUT2D eigenvalue weighted by Crippen LogP contribution is 2.27. The van der Waals surface area contributed by atoms with E-state index in [1.54, 1.807) is 17.9 Å². The highest BCUT2D eigenvalue weighted by molar-refractivity contribution is 6.02. The average Bonchev–Trinajstić information content (AvgIpc) is 3.48. The lowest BCUT2D eigenvalue weighted by Crippen LogP contribution is -2.42. The standard InChI is InChI=1S/C25H31N3O5/c1-3-19(17-9-6-5-7-10-17)26-23(29)18-15-21(27-13-14-32-16-22(18)27)24(30)28-12-8-11-20(28)25(31)33-4-2/h5-7,9-10,15,19-20H,3-4,8,11-14,16H2,1-2H3,(H,26,29)/t19-,20-/m1/s1. The first-order valence-corrected chi connectivity index (χ1v) is 11.7. The zero-order valence-corrected chi connectivity index (χ0v) is 19.2. The second-order valence-electron chi connectivity index (χ2n) is 8.35. The highest BCUT2D eigenvalue weighted by Gasteiger charge is 2.38. The van der Waals surface area contributed by atoms with Crippen LogP contribution in [0.1, 0.15) is 71.3 Å². The number of ether oxygens (including phenoxy) is 2. The number of nitrogens with zero attached hydrogens (tertiary/aromatic N) is 2. The van der Waals surface area contributed by atoms with Crippen molar-refractivity contribution in [2.24, 2.45) is 0 Å². The van der Waals surface area contributed by atoms with E-state index in [0.29, 0.717) is 43.1 Å². The zero-order valence-electron chi connectivity index (χ0n) is 19.2. The number of amides is 2. The van der Waals surface area contributed by atoms with Crippen LogP contribution < -0.4 is 5.32 Å². The maximum absolute atomic E-state index is 13.5. The van der Waals surface area contributed by atoms with E-state index < -0.39 is 6.04 Å². The number of esters is 1. The topological polar surface area (TPSA) is 89.9 Å². The molecule has 2 amide bonds. The first kappa shape index (κ1) is 23.0. The predicted octanol–water partition coefficient (Wildman–Crippen LogP) is 3.07. The van der Waals surface area contributed by atoms with E-state index in [1.807, 2.05) is 41.8 Å². The van der Waals surface area contributed by atoms with E-state index in [4.69, 9.17) is 9.47 Å². The second-order valence-corrected chi connectivity index (χ2v) is 8.35. The fraction of sp³-hybridized carbons (Fsp3) is 0.480. The smallest absolute Gasteiger partial charge is 0.328 e. The molecule has 0 radical (unpaired) electrons. The van der Waals surface area contributed by atoms with E-state index >= 15 is 0 Å². The van der Waals surface area contributed by atoms with Crippen LogP contribution in [0.25, 0.3) is 0 Å². The molecule has 1 saturated heterocycles. The van der Waals surface area contributed by atoms with E-state index in [1.165, 1.54) is 0 Å². The predicted molar refractivity (Wildman–Crippen MR) is 122 cm³/mol. The molecule has 4 rings (SSSR count). The van der Waals surface area contributed by atoms with Crippen molar-refractivity contribution in [2.75, 3.05) is 19.8 Å². The fourth-order valence-corrected chi connectivity index (χ4v) is 4.68. The van der Waals surface area contributed by atoms with Gasteiger partial charge in [-0.3, -0.25) is 9.59 Å². The molecule has 8 heteroatoms. The van der Waals surface area contributed by atoms with Gasteiger partial charge in [0, 0.05) is 13.1 Å². The van der Waals surface area contributed by atoms with Crippen LogP contribution in [0.4, 0.5) is 0 Å². The van der Waals surface area contributed by atoms with E-state index in [2.05, 4.69) is 5.32 Å². The molecule has 1 aromatic heterocycles. The molecule has 2 aliphatic rings. The van der Waals surface area contributed by atoms with Crippen LogP contribution in [-0.2, 0) is 27.4 Å². The molecule has 1 aromatic carbocycles. The summed E-state index contributed by atoms with van der Waals surface area (Å²) < 4.78 is 12.7. The first-order valence-electron chi connectivity index (χ1n) is 11.7. The molecule has 2 aromatic rings. The minimum atomic E-state index is -0.580. The highest BCUT2D eigenvalue weighted by atomic mass is 16.5. The third kappa shape index (κ3) is 4.66. The Morgan fingerprint density at radius 1 is 1.18 bits per heavy atom. The Bertz CT molecular complexity index is 1020. The van der Waals surface area contributed by atoms with Crippen molar-refractivity contribution < 1.29 is 23.9 Å². The minimum Gasteiger partial charge on any atom is -0.464 e. The van der Waals surface area contributed by atoms with Crippen LogP contribution in [0.5, 0.6) is 0 Å². The van der Waals surface area contributed by atoms with Crippen LogP contribution in [0.15, 0.2) is 36.4 Å². The van der Waals surface area contributed by atoms with Crippen LogP contribution in [-0.4, -0.2) is 53.1 Å². The molecule has 3 heterocycles. The van der Waals surface area contributed by atoms with Gasteiger partial charge in [0.15, 0.2) is 0 Å². The molecule has 8 nitrogen and oxygen atoms in total. The third-order valence-corrected chi connectivity index (χ3v) is 6.36. The van der Waals surface area contributed by atoms with Crippen molar-refractivity contribution in [1.82, 2.24) is 14.8 Å². The molecule has 176 valence electrons. The summed E-state index contributed by atoms with van der Waals surface area (Å²) in [6, 6.07) is 10.8. The molecule has 0 unspecified atom stereocenters. The lowest BCUT2D eigenvalue weighted by molar-refractivity contribution is -0.147. The van der Waals surface area contributed by atoms with Gasteiger partial charge in [-0.25, -0.2) is 4.79 Å². The normalized spacial score (nSPS) is 18.5. The minimum absolute atomic E-state index is 0.135. The lowest BCUT2D eigenvalue weighted by Gasteiger charge is -2.25. The van der Waals surface area contributed by atoms with Crippen molar-refractivity contribution in [3.05, 3.63) is 58.9 Å². The van der Waals surface area contributed by atoms with E-state index in [9.17, 15) is 14.4 Å². The summed E-state index contributed by atoms with van der Waals surface area (Å²) in [5.41, 5.74) is 2.59. The van der Waals surface area contributed by atoms with Crippen molar-refractivity contribution in [3.63, 3.8) is 0 Å². The summed E-state index contributed by atoms with van der Waals surface area (Å²) in [6.45, 7) is 5.76. The van der Waals surface area contributed by atoms with Crippen LogP contribution in [0.3, 0.4) is 0 Å². The van der Waals surface area contributed by atoms with Crippen LogP contribution in [0.2, 0.25) is 0 Å². The Morgan fingerprint density at radius 3 is 2.70 bits per heavy atom. The number of rotatable bonds is 7. The van der Waals surface area contributed by atoms with Crippen molar-refractivity contribution in [3.8, 4) is 0 Å². The average molecular weight is 454 g/mol. The molecule has 1 N–H and O–H groups in total. The maximum Gasteiger partial charge on any atom is 0.328 e. The van der Waals surface area contributed by atoms with Crippen molar-refractivity contribution in [1.29, 1.82) is 0 Å². The number of hydrogen-bond donors (Lipinski definition) is 1. The molecule has 0 aliphatic carbocycles.